The molecule has 1 aromatic heterocycles. The molecule has 0 saturated heterocycles. The average Bonchev–Trinajstić information content (AvgIpc) is 3.04. The summed E-state index contributed by atoms with van der Waals surface area (Å²) < 4.78 is 1.89. The average molecular weight is 440 g/mol. The number of rotatable bonds is 8. The first kappa shape index (κ1) is 22.6. The van der Waals surface area contributed by atoms with Crippen LogP contribution < -0.4 is 5.32 Å². The van der Waals surface area contributed by atoms with Crippen LogP contribution in [0.2, 0.25) is 5.02 Å². The van der Waals surface area contributed by atoms with Gasteiger partial charge in [0, 0.05) is 27.5 Å². The molecule has 1 heterocycles. The molecular weight excluding hydrogens is 414 g/mol. The van der Waals surface area contributed by atoms with E-state index in [4.69, 9.17) is 11.6 Å². The zero-order chi connectivity index (χ0) is 22.5. The lowest BCUT2D eigenvalue weighted by Gasteiger charge is -2.10. The molecule has 0 unspecified atom stereocenters. The highest BCUT2D eigenvalue weighted by Gasteiger charge is 2.18. The molecule has 0 spiro atoms. The number of aromatic nitrogens is 2. The second-order valence-electron chi connectivity index (χ2n) is 7.42. The molecule has 0 aliphatic heterocycles. The smallest absolute Gasteiger partial charge is 0.307 e. The minimum absolute atomic E-state index is 0.0125. The highest BCUT2D eigenvalue weighted by molar-refractivity contribution is 6.30. The second kappa shape index (κ2) is 9.79. The summed E-state index contributed by atoms with van der Waals surface area (Å²) in [7, 11) is 0. The van der Waals surface area contributed by atoms with Crippen molar-refractivity contribution in [2.75, 3.05) is 5.32 Å². The summed E-state index contributed by atoms with van der Waals surface area (Å²) in [6, 6.07) is 12.8. The van der Waals surface area contributed by atoms with Crippen molar-refractivity contribution in [3.63, 3.8) is 0 Å². The van der Waals surface area contributed by atoms with Crippen LogP contribution in [0.1, 0.15) is 52.3 Å². The van der Waals surface area contributed by atoms with Gasteiger partial charge in [-0.1, -0.05) is 37.6 Å². The Kier molecular flexibility index (Phi) is 7.13. The molecule has 7 heteroatoms. The van der Waals surface area contributed by atoms with Gasteiger partial charge in [-0.05, 0) is 61.2 Å². The number of aryl methyl sites for hydroxylation is 2. The zero-order valence-corrected chi connectivity index (χ0v) is 18.7. The van der Waals surface area contributed by atoms with Gasteiger partial charge in [0.1, 0.15) is 0 Å². The highest BCUT2D eigenvalue weighted by atomic mass is 35.5. The van der Waals surface area contributed by atoms with Gasteiger partial charge in [-0.15, -0.1) is 0 Å². The van der Waals surface area contributed by atoms with E-state index in [1.165, 1.54) is 0 Å². The first-order valence-corrected chi connectivity index (χ1v) is 10.7. The Morgan fingerprint density at radius 2 is 1.81 bits per heavy atom. The zero-order valence-electron chi connectivity index (χ0n) is 17.9. The van der Waals surface area contributed by atoms with Gasteiger partial charge in [0.05, 0.1) is 18.7 Å². The third-order valence-corrected chi connectivity index (χ3v) is 5.46. The molecule has 0 aliphatic carbocycles. The van der Waals surface area contributed by atoms with Crippen LogP contribution in [0.4, 0.5) is 5.69 Å². The molecule has 0 saturated carbocycles. The van der Waals surface area contributed by atoms with Gasteiger partial charge in [-0.3, -0.25) is 14.3 Å². The normalized spacial score (nSPS) is 10.8. The fourth-order valence-corrected chi connectivity index (χ4v) is 3.93. The fourth-order valence-electron chi connectivity index (χ4n) is 3.70. The molecule has 1 amide bonds. The van der Waals surface area contributed by atoms with Crippen LogP contribution in [0.25, 0.3) is 0 Å². The Balaban J connectivity index is 1.76. The van der Waals surface area contributed by atoms with Crippen LogP contribution in [0, 0.1) is 6.92 Å². The molecule has 31 heavy (non-hydrogen) atoms. The van der Waals surface area contributed by atoms with Crippen LogP contribution in [0.15, 0.2) is 42.5 Å². The molecule has 0 bridgehead atoms. The van der Waals surface area contributed by atoms with E-state index in [2.05, 4.69) is 10.4 Å². The highest BCUT2D eigenvalue weighted by Crippen LogP contribution is 2.20. The van der Waals surface area contributed by atoms with Crippen molar-refractivity contribution in [2.24, 2.45) is 0 Å². The number of nitrogens with zero attached hydrogens (tertiary/aromatic N) is 2. The number of hydrogen-bond acceptors (Lipinski definition) is 3. The molecule has 2 N–H and O–H groups in total. The number of hydrogen-bond donors (Lipinski definition) is 2. The van der Waals surface area contributed by atoms with Gasteiger partial charge in [0.15, 0.2) is 0 Å². The summed E-state index contributed by atoms with van der Waals surface area (Å²) in [6.45, 7) is 6.38. The van der Waals surface area contributed by atoms with Crippen molar-refractivity contribution < 1.29 is 14.7 Å². The van der Waals surface area contributed by atoms with Crippen molar-refractivity contribution in [1.82, 2.24) is 9.78 Å². The third-order valence-electron chi connectivity index (χ3n) is 5.22. The van der Waals surface area contributed by atoms with Gasteiger partial charge >= 0.3 is 5.97 Å². The SMILES string of the molecule is CCc1nn(Cc2ccc(NC(=O)c3ccc(Cl)cc3C)cc2)c(CC)c1CC(=O)O. The standard InChI is InChI=1S/C24H26ClN3O3/c1-4-21-20(13-23(29)30)22(5-2)28(27-21)14-16-6-9-18(10-7-16)26-24(31)19-11-8-17(25)12-15(19)3/h6-12H,4-5,13-14H2,1-3H3,(H,26,31)(H,29,30). The van der Waals surface area contributed by atoms with E-state index in [9.17, 15) is 14.7 Å². The van der Waals surface area contributed by atoms with E-state index in [1.54, 1.807) is 18.2 Å². The summed E-state index contributed by atoms with van der Waals surface area (Å²) in [5, 5.41) is 17.4. The van der Waals surface area contributed by atoms with E-state index in [0.717, 1.165) is 28.1 Å². The lowest BCUT2D eigenvalue weighted by Crippen LogP contribution is -2.13. The van der Waals surface area contributed by atoms with Crippen LogP contribution in [0.3, 0.4) is 0 Å². The number of carboxylic acid groups (broad SMARTS) is 1. The monoisotopic (exact) mass is 439 g/mol. The minimum Gasteiger partial charge on any atom is -0.481 e. The van der Waals surface area contributed by atoms with Crippen molar-refractivity contribution in [3.05, 3.63) is 81.1 Å². The molecule has 6 nitrogen and oxygen atoms in total. The molecule has 3 aromatic rings. The lowest BCUT2D eigenvalue weighted by atomic mass is 10.1. The Morgan fingerprint density at radius 1 is 1.10 bits per heavy atom. The van der Waals surface area contributed by atoms with Crippen LogP contribution in [0.5, 0.6) is 0 Å². The van der Waals surface area contributed by atoms with Crippen molar-refractivity contribution in [1.29, 1.82) is 0 Å². The molecular formula is C24H26ClN3O3. The largest absolute Gasteiger partial charge is 0.481 e. The number of nitrogens with one attached hydrogen (secondary N) is 1. The molecule has 0 aliphatic rings. The first-order chi connectivity index (χ1) is 14.8. The maximum absolute atomic E-state index is 12.6. The van der Waals surface area contributed by atoms with Crippen molar-refractivity contribution in [3.8, 4) is 0 Å². The molecule has 0 fully saturated rings. The van der Waals surface area contributed by atoms with Crippen molar-refractivity contribution in [2.45, 2.75) is 46.6 Å². The fraction of sp³-hybridized carbons (Fsp3) is 0.292. The quantitative estimate of drug-likeness (QED) is 0.523. The molecule has 162 valence electrons. The topological polar surface area (TPSA) is 84.2 Å². The van der Waals surface area contributed by atoms with E-state index in [0.29, 0.717) is 35.7 Å². The Bertz CT molecular complexity index is 1100. The van der Waals surface area contributed by atoms with Gasteiger partial charge in [0.25, 0.3) is 5.91 Å². The number of anilines is 1. The summed E-state index contributed by atoms with van der Waals surface area (Å²) in [6.07, 6.45) is 1.39. The number of carbonyl (C=O) groups excluding carboxylic acids is 1. The van der Waals surface area contributed by atoms with E-state index in [1.807, 2.05) is 49.7 Å². The van der Waals surface area contributed by atoms with E-state index >= 15 is 0 Å². The minimum atomic E-state index is -0.847. The Labute approximate surface area is 186 Å². The summed E-state index contributed by atoms with van der Waals surface area (Å²) in [5.74, 6) is -1.03. The van der Waals surface area contributed by atoms with E-state index < -0.39 is 5.97 Å². The van der Waals surface area contributed by atoms with Gasteiger partial charge in [0.2, 0.25) is 0 Å². The van der Waals surface area contributed by atoms with Gasteiger partial charge in [-0.25, -0.2) is 0 Å². The predicted octanol–water partition coefficient (Wildman–Crippen LogP) is 4.90. The summed E-state index contributed by atoms with van der Waals surface area (Å²) in [5.41, 5.74) is 5.71. The number of halogens is 1. The number of carboxylic acids is 1. The van der Waals surface area contributed by atoms with Gasteiger partial charge in [-0.2, -0.15) is 5.10 Å². The first-order valence-electron chi connectivity index (χ1n) is 10.3. The Morgan fingerprint density at radius 3 is 2.39 bits per heavy atom. The number of carbonyl (C=O) groups is 2. The summed E-state index contributed by atoms with van der Waals surface area (Å²) >= 11 is 5.96. The maximum atomic E-state index is 12.6. The van der Waals surface area contributed by atoms with Crippen molar-refractivity contribution >= 4 is 29.2 Å². The number of aliphatic carboxylic acids is 1. The summed E-state index contributed by atoms with van der Waals surface area (Å²) in [4.78, 5) is 23.8. The molecule has 0 atom stereocenters. The molecule has 0 radical (unpaired) electrons. The second-order valence-corrected chi connectivity index (χ2v) is 7.85. The maximum Gasteiger partial charge on any atom is 0.307 e. The Hall–Kier alpha value is -3.12. The van der Waals surface area contributed by atoms with E-state index in [-0.39, 0.29) is 12.3 Å². The predicted molar refractivity (Wildman–Crippen MR) is 122 cm³/mol. The molecule has 2 aromatic carbocycles. The lowest BCUT2D eigenvalue weighted by molar-refractivity contribution is -0.136. The number of amides is 1. The van der Waals surface area contributed by atoms with Crippen LogP contribution in [-0.2, 0) is 30.6 Å². The third kappa shape index (κ3) is 5.33. The number of benzene rings is 2. The van der Waals surface area contributed by atoms with Crippen LogP contribution in [-0.4, -0.2) is 26.8 Å². The molecule has 3 rings (SSSR count). The van der Waals surface area contributed by atoms with Gasteiger partial charge < -0.3 is 10.4 Å². The van der Waals surface area contributed by atoms with Crippen LogP contribution >= 0.6 is 11.6 Å².